The van der Waals surface area contributed by atoms with Crippen molar-refractivity contribution in [1.82, 2.24) is 24.3 Å². The highest BCUT2D eigenvalue weighted by molar-refractivity contribution is 6.12. The van der Waals surface area contributed by atoms with Gasteiger partial charge in [-0.05, 0) is 30.3 Å². The quantitative estimate of drug-likeness (QED) is 0.237. The molecule has 0 aliphatic heterocycles. The number of hydrogen-bond donors (Lipinski definition) is 0. The molecular weight excluding hydrogens is 494 g/mol. The fraction of sp³-hybridized carbons (Fsp3) is 0. The molecule has 0 bridgehead atoms. The molecule has 0 radical (unpaired) electrons. The van der Waals surface area contributed by atoms with Crippen LogP contribution in [0.5, 0.6) is 0 Å². The van der Waals surface area contributed by atoms with Crippen LogP contribution in [0.2, 0.25) is 0 Å². The number of furan rings is 1. The van der Waals surface area contributed by atoms with E-state index in [4.69, 9.17) is 24.4 Å². The molecule has 0 saturated heterocycles. The maximum Gasteiger partial charge on any atom is 0.164 e. The number of hydrogen-bond acceptors (Lipinski definition) is 5. The van der Waals surface area contributed by atoms with E-state index in [2.05, 4.69) is 18.2 Å². The molecule has 0 spiro atoms. The highest BCUT2D eigenvalue weighted by Gasteiger charge is 2.18. The van der Waals surface area contributed by atoms with Crippen molar-refractivity contribution in [3.8, 4) is 45.4 Å². The van der Waals surface area contributed by atoms with Gasteiger partial charge in [-0.2, -0.15) is 0 Å². The predicted molar refractivity (Wildman–Crippen MR) is 158 cm³/mol. The third-order valence-electron chi connectivity index (χ3n) is 7.10. The zero-order valence-corrected chi connectivity index (χ0v) is 21.3. The van der Waals surface area contributed by atoms with Gasteiger partial charge in [-0.1, -0.05) is 84.9 Å². The SMILES string of the molecule is c1ccc(-c2nc(-c3ccccc3)nc(-c3cccc4oc5cc(-c6cn7ccccc7n6)ccc5c34)n2)cc1. The summed E-state index contributed by atoms with van der Waals surface area (Å²) in [6.45, 7) is 0. The van der Waals surface area contributed by atoms with Gasteiger partial charge >= 0.3 is 0 Å². The van der Waals surface area contributed by atoms with Gasteiger partial charge in [0.05, 0.1) is 5.69 Å². The monoisotopic (exact) mass is 515 g/mol. The highest BCUT2D eigenvalue weighted by atomic mass is 16.3. The topological polar surface area (TPSA) is 69.1 Å². The first-order chi connectivity index (χ1) is 19.8. The molecule has 0 N–H and O–H groups in total. The largest absolute Gasteiger partial charge is 0.456 e. The Kier molecular flexibility index (Phi) is 5.03. The molecule has 4 aromatic heterocycles. The average molecular weight is 516 g/mol. The lowest BCUT2D eigenvalue weighted by atomic mass is 10.0. The van der Waals surface area contributed by atoms with E-state index in [1.54, 1.807) is 0 Å². The van der Waals surface area contributed by atoms with Crippen LogP contribution in [-0.4, -0.2) is 24.3 Å². The van der Waals surface area contributed by atoms with Crippen molar-refractivity contribution in [3.05, 3.63) is 128 Å². The average Bonchev–Trinajstić information content (AvgIpc) is 3.63. The fourth-order valence-corrected chi connectivity index (χ4v) is 5.17. The van der Waals surface area contributed by atoms with Crippen molar-refractivity contribution in [2.75, 3.05) is 0 Å². The van der Waals surface area contributed by atoms with Crippen LogP contribution < -0.4 is 0 Å². The van der Waals surface area contributed by atoms with Crippen LogP contribution >= 0.6 is 0 Å². The Hall–Kier alpha value is -5.62. The van der Waals surface area contributed by atoms with Gasteiger partial charge in [0.2, 0.25) is 0 Å². The lowest BCUT2D eigenvalue weighted by Crippen LogP contribution is -2.00. The molecule has 8 aromatic rings. The molecule has 0 saturated carbocycles. The summed E-state index contributed by atoms with van der Waals surface area (Å²) in [5.74, 6) is 1.86. The van der Waals surface area contributed by atoms with Gasteiger partial charge in [0, 0.05) is 45.4 Å². The van der Waals surface area contributed by atoms with E-state index in [9.17, 15) is 0 Å². The van der Waals surface area contributed by atoms with E-state index in [0.29, 0.717) is 17.5 Å². The summed E-state index contributed by atoms with van der Waals surface area (Å²) < 4.78 is 8.39. The molecule has 0 fully saturated rings. The molecule has 0 amide bonds. The van der Waals surface area contributed by atoms with Crippen molar-refractivity contribution in [2.45, 2.75) is 0 Å². The van der Waals surface area contributed by atoms with Gasteiger partial charge in [0.25, 0.3) is 0 Å². The Labute approximate surface area is 229 Å². The van der Waals surface area contributed by atoms with Gasteiger partial charge in [-0.3, -0.25) is 0 Å². The van der Waals surface area contributed by atoms with Crippen molar-refractivity contribution < 1.29 is 4.42 Å². The first-order valence-corrected chi connectivity index (χ1v) is 13.1. The second-order valence-corrected chi connectivity index (χ2v) is 9.62. The maximum atomic E-state index is 6.37. The highest BCUT2D eigenvalue weighted by Crippen LogP contribution is 2.38. The second kappa shape index (κ2) is 8.99. The third kappa shape index (κ3) is 3.74. The van der Waals surface area contributed by atoms with E-state index in [-0.39, 0.29) is 0 Å². The maximum absolute atomic E-state index is 6.37. The molecule has 0 aliphatic carbocycles. The summed E-state index contributed by atoms with van der Waals surface area (Å²) in [5, 5.41) is 1.98. The number of nitrogens with zero attached hydrogens (tertiary/aromatic N) is 5. The van der Waals surface area contributed by atoms with E-state index in [0.717, 1.165) is 55.5 Å². The Morgan fingerprint density at radius 2 is 1.23 bits per heavy atom. The van der Waals surface area contributed by atoms with Crippen LogP contribution in [0, 0.1) is 0 Å². The summed E-state index contributed by atoms with van der Waals surface area (Å²) in [5.41, 5.74) is 7.13. The Morgan fingerprint density at radius 1 is 0.525 bits per heavy atom. The van der Waals surface area contributed by atoms with Crippen LogP contribution in [0.4, 0.5) is 0 Å². The molecule has 4 aromatic carbocycles. The number of pyridine rings is 1. The van der Waals surface area contributed by atoms with Crippen LogP contribution in [-0.2, 0) is 0 Å². The van der Waals surface area contributed by atoms with Crippen molar-refractivity contribution in [3.63, 3.8) is 0 Å². The van der Waals surface area contributed by atoms with E-state index < -0.39 is 0 Å². The lowest BCUT2D eigenvalue weighted by molar-refractivity contribution is 0.669. The first-order valence-electron chi connectivity index (χ1n) is 13.1. The zero-order chi connectivity index (χ0) is 26.5. The minimum Gasteiger partial charge on any atom is -0.456 e. The molecular formula is C34H21N5O. The summed E-state index contributed by atoms with van der Waals surface area (Å²) >= 11 is 0. The molecule has 0 atom stereocenters. The lowest BCUT2D eigenvalue weighted by Gasteiger charge is -2.09. The number of aromatic nitrogens is 5. The minimum atomic E-state index is 0.602. The van der Waals surface area contributed by atoms with E-state index in [1.807, 2.05) is 114 Å². The number of rotatable bonds is 4. The molecule has 0 aliphatic rings. The van der Waals surface area contributed by atoms with E-state index in [1.165, 1.54) is 0 Å². The Balaban J connectivity index is 1.32. The Bertz CT molecular complexity index is 2070. The third-order valence-corrected chi connectivity index (χ3v) is 7.10. The summed E-state index contributed by atoms with van der Waals surface area (Å²) in [7, 11) is 0. The molecule has 4 heterocycles. The van der Waals surface area contributed by atoms with Crippen molar-refractivity contribution >= 4 is 27.6 Å². The van der Waals surface area contributed by atoms with Gasteiger partial charge in [0.15, 0.2) is 17.5 Å². The second-order valence-electron chi connectivity index (χ2n) is 9.62. The smallest absolute Gasteiger partial charge is 0.164 e. The molecule has 0 unspecified atom stereocenters. The molecule has 6 heteroatoms. The number of benzene rings is 4. The summed E-state index contributed by atoms with van der Waals surface area (Å²) in [4.78, 5) is 19.5. The number of fused-ring (bicyclic) bond motifs is 4. The van der Waals surface area contributed by atoms with Crippen LogP contribution in [0.15, 0.2) is 132 Å². The van der Waals surface area contributed by atoms with Gasteiger partial charge < -0.3 is 8.82 Å². The molecule has 8 rings (SSSR count). The Morgan fingerprint density at radius 3 is 1.95 bits per heavy atom. The molecule has 40 heavy (non-hydrogen) atoms. The van der Waals surface area contributed by atoms with Crippen LogP contribution in [0.3, 0.4) is 0 Å². The fourth-order valence-electron chi connectivity index (χ4n) is 5.17. The van der Waals surface area contributed by atoms with Crippen molar-refractivity contribution in [2.24, 2.45) is 0 Å². The molecule has 188 valence electrons. The van der Waals surface area contributed by atoms with Gasteiger partial charge in [-0.15, -0.1) is 0 Å². The van der Waals surface area contributed by atoms with Gasteiger partial charge in [0.1, 0.15) is 16.8 Å². The van der Waals surface area contributed by atoms with E-state index >= 15 is 0 Å². The number of imidazole rings is 1. The van der Waals surface area contributed by atoms with Crippen LogP contribution in [0.1, 0.15) is 0 Å². The zero-order valence-electron chi connectivity index (χ0n) is 21.3. The standard InChI is InChI=1S/C34H21N5O/c1-3-10-22(11-4-1)32-36-33(23-12-5-2-6-13-23)38-34(37-32)26-14-9-15-28-31(26)25-18-17-24(20-29(25)40-28)27-21-39-19-8-7-16-30(39)35-27/h1-21H. The predicted octanol–water partition coefficient (Wildman–Crippen LogP) is 8.09. The summed E-state index contributed by atoms with van der Waals surface area (Å²) in [6.07, 6.45) is 4.03. The van der Waals surface area contributed by atoms with Crippen molar-refractivity contribution in [1.29, 1.82) is 0 Å². The minimum absolute atomic E-state index is 0.602. The first kappa shape index (κ1) is 22.4. The molecule has 6 nitrogen and oxygen atoms in total. The van der Waals surface area contributed by atoms with Gasteiger partial charge in [-0.25, -0.2) is 19.9 Å². The summed E-state index contributed by atoms with van der Waals surface area (Å²) in [6, 6.07) is 38.3. The normalized spacial score (nSPS) is 11.5. The van der Waals surface area contributed by atoms with Crippen LogP contribution in [0.25, 0.3) is 73.0 Å².